The van der Waals surface area contributed by atoms with Crippen LogP contribution in [-0.4, -0.2) is 17.4 Å². The lowest BCUT2D eigenvalue weighted by Crippen LogP contribution is -2.22. The molecule has 0 bridgehead atoms. The standard InChI is InChI=1S/C11H14BrN3O3/c1-7(4-5-13)11(16)14-10-3-2-8(15(17)18)6-9(10)12/h2-3,6-7H,4-5,13H2,1H3,(H,14,16). The first-order valence-electron chi connectivity index (χ1n) is 5.40. The molecule has 1 unspecified atom stereocenters. The van der Waals surface area contributed by atoms with E-state index in [9.17, 15) is 14.9 Å². The van der Waals surface area contributed by atoms with E-state index < -0.39 is 4.92 Å². The first-order valence-corrected chi connectivity index (χ1v) is 6.20. The Balaban J connectivity index is 2.79. The fourth-order valence-corrected chi connectivity index (χ4v) is 1.82. The molecule has 1 atom stereocenters. The molecule has 1 aromatic rings. The van der Waals surface area contributed by atoms with E-state index in [0.717, 1.165) is 0 Å². The fourth-order valence-electron chi connectivity index (χ4n) is 1.36. The largest absolute Gasteiger partial charge is 0.330 e. The number of nitrogens with two attached hydrogens (primary N) is 1. The quantitative estimate of drug-likeness (QED) is 0.643. The van der Waals surface area contributed by atoms with Gasteiger partial charge in [-0.15, -0.1) is 0 Å². The van der Waals surface area contributed by atoms with Crippen molar-refractivity contribution in [2.24, 2.45) is 11.7 Å². The number of halogens is 1. The van der Waals surface area contributed by atoms with Crippen LogP contribution in [0.25, 0.3) is 0 Å². The zero-order valence-corrected chi connectivity index (χ0v) is 11.4. The Hall–Kier alpha value is -1.47. The molecule has 1 aromatic carbocycles. The van der Waals surface area contributed by atoms with Crippen LogP contribution in [0.15, 0.2) is 22.7 Å². The monoisotopic (exact) mass is 315 g/mol. The second kappa shape index (κ2) is 6.46. The van der Waals surface area contributed by atoms with E-state index in [1.54, 1.807) is 6.92 Å². The number of rotatable bonds is 5. The van der Waals surface area contributed by atoms with Crippen LogP contribution >= 0.6 is 15.9 Å². The average molecular weight is 316 g/mol. The second-order valence-corrected chi connectivity index (χ2v) is 4.74. The summed E-state index contributed by atoms with van der Waals surface area (Å²) in [6.45, 7) is 2.22. The van der Waals surface area contributed by atoms with Crippen molar-refractivity contribution in [1.29, 1.82) is 0 Å². The van der Waals surface area contributed by atoms with Gasteiger partial charge in [0.1, 0.15) is 0 Å². The number of anilines is 1. The van der Waals surface area contributed by atoms with Crippen molar-refractivity contribution in [2.75, 3.05) is 11.9 Å². The zero-order chi connectivity index (χ0) is 13.7. The van der Waals surface area contributed by atoms with Crippen LogP contribution in [0.1, 0.15) is 13.3 Å². The van der Waals surface area contributed by atoms with Gasteiger partial charge in [-0.2, -0.15) is 0 Å². The summed E-state index contributed by atoms with van der Waals surface area (Å²) in [5, 5.41) is 13.3. The van der Waals surface area contributed by atoms with E-state index in [0.29, 0.717) is 23.1 Å². The van der Waals surface area contributed by atoms with Crippen LogP contribution in [0.3, 0.4) is 0 Å². The normalized spacial score (nSPS) is 11.9. The zero-order valence-electron chi connectivity index (χ0n) is 9.85. The number of carbonyl (C=O) groups is 1. The van der Waals surface area contributed by atoms with Crippen LogP contribution in [0.5, 0.6) is 0 Å². The summed E-state index contributed by atoms with van der Waals surface area (Å²) in [4.78, 5) is 21.8. The van der Waals surface area contributed by atoms with Crippen molar-refractivity contribution in [3.05, 3.63) is 32.8 Å². The molecule has 0 spiro atoms. The molecule has 0 aliphatic heterocycles. The molecule has 7 heteroatoms. The van der Waals surface area contributed by atoms with Crippen LogP contribution in [0, 0.1) is 16.0 Å². The van der Waals surface area contributed by atoms with E-state index >= 15 is 0 Å². The van der Waals surface area contributed by atoms with Crippen molar-refractivity contribution in [1.82, 2.24) is 0 Å². The van der Waals surface area contributed by atoms with E-state index in [1.165, 1.54) is 18.2 Å². The molecule has 18 heavy (non-hydrogen) atoms. The fraction of sp³-hybridized carbons (Fsp3) is 0.364. The van der Waals surface area contributed by atoms with Crippen LogP contribution in [0.4, 0.5) is 11.4 Å². The van der Waals surface area contributed by atoms with Gasteiger partial charge >= 0.3 is 0 Å². The Morgan fingerprint density at radius 2 is 2.28 bits per heavy atom. The van der Waals surface area contributed by atoms with Gasteiger partial charge in [-0.05, 0) is 35.0 Å². The predicted octanol–water partition coefficient (Wildman–Crippen LogP) is 2.28. The Kier molecular flexibility index (Phi) is 5.24. The minimum Gasteiger partial charge on any atom is -0.330 e. The molecule has 0 fully saturated rings. The smallest absolute Gasteiger partial charge is 0.270 e. The third-order valence-electron chi connectivity index (χ3n) is 2.47. The Morgan fingerprint density at radius 3 is 2.78 bits per heavy atom. The molecule has 3 N–H and O–H groups in total. The second-order valence-electron chi connectivity index (χ2n) is 3.89. The molecule has 0 aromatic heterocycles. The van der Waals surface area contributed by atoms with E-state index in [4.69, 9.17) is 5.73 Å². The summed E-state index contributed by atoms with van der Waals surface area (Å²) in [5.41, 5.74) is 5.86. The van der Waals surface area contributed by atoms with Gasteiger partial charge in [0.25, 0.3) is 5.69 Å². The third kappa shape index (κ3) is 3.78. The number of benzene rings is 1. The Bertz CT molecular complexity index is 465. The van der Waals surface area contributed by atoms with Crippen molar-refractivity contribution in [2.45, 2.75) is 13.3 Å². The van der Waals surface area contributed by atoms with Gasteiger partial charge in [-0.3, -0.25) is 14.9 Å². The summed E-state index contributed by atoms with van der Waals surface area (Å²) in [7, 11) is 0. The highest BCUT2D eigenvalue weighted by Crippen LogP contribution is 2.27. The summed E-state index contributed by atoms with van der Waals surface area (Å²) >= 11 is 3.19. The lowest BCUT2D eigenvalue weighted by atomic mass is 10.1. The van der Waals surface area contributed by atoms with Crippen molar-refractivity contribution in [3.8, 4) is 0 Å². The number of amides is 1. The minimum absolute atomic E-state index is 0.0325. The molecular weight excluding hydrogens is 302 g/mol. The lowest BCUT2D eigenvalue weighted by molar-refractivity contribution is -0.384. The first kappa shape index (κ1) is 14.6. The van der Waals surface area contributed by atoms with Crippen LogP contribution < -0.4 is 11.1 Å². The molecule has 1 amide bonds. The molecule has 0 aliphatic rings. The highest BCUT2D eigenvalue weighted by atomic mass is 79.9. The number of nitrogens with one attached hydrogen (secondary N) is 1. The SMILES string of the molecule is CC(CCN)C(=O)Nc1ccc([N+](=O)[O-])cc1Br. The van der Waals surface area contributed by atoms with Gasteiger partial charge < -0.3 is 11.1 Å². The Morgan fingerprint density at radius 1 is 1.61 bits per heavy atom. The predicted molar refractivity (Wildman–Crippen MR) is 72.3 cm³/mol. The number of nitro benzene ring substituents is 1. The molecule has 0 saturated carbocycles. The van der Waals surface area contributed by atoms with E-state index in [-0.39, 0.29) is 17.5 Å². The topological polar surface area (TPSA) is 98.3 Å². The maximum Gasteiger partial charge on any atom is 0.270 e. The van der Waals surface area contributed by atoms with Crippen molar-refractivity contribution >= 4 is 33.2 Å². The maximum atomic E-state index is 11.8. The number of non-ortho nitro benzene ring substituents is 1. The summed E-state index contributed by atoms with van der Waals surface area (Å²) in [6, 6.07) is 4.19. The first-order chi connectivity index (χ1) is 8.45. The van der Waals surface area contributed by atoms with Crippen molar-refractivity contribution < 1.29 is 9.72 Å². The number of hydrogen-bond acceptors (Lipinski definition) is 4. The highest BCUT2D eigenvalue weighted by molar-refractivity contribution is 9.10. The summed E-state index contributed by atoms with van der Waals surface area (Å²) in [5.74, 6) is -0.355. The maximum absolute atomic E-state index is 11.8. The highest BCUT2D eigenvalue weighted by Gasteiger charge is 2.15. The van der Waals surface area contributed by atoms with Gasteiger partial charge in [0.05, 0.1) is 10.6 Å². The van der Waals surface area contributed by atoms with E-state index in [2.05, 4.69) is 21.2 Å². The number of carbonyl (C=O) groups excluding carboxylic acids is 1. The summed E-state index contributed by atoms with van der Waals surface area (Å²) < 4.78 is 0.477. The molecule has 1 rings (SSSR count). The van der Waals surface area contributed by atoms with Crippen molar-refractivity contribution in [3.63, 3.8) is 0 Å². The number of nitrogens with zero attached hydrogens (tertiary/aromatic N) is 1. The molecule has 0 radical (unpaired) electrons. The molecule has 0 saturated heterocycles. The molecule has 98 valence electrons. The molecular formula is C11H14BrN3O3. The van der Waals surface area contributed by atoms with Gasteiger partial charge in [0, 0.05) is 22.5 Å². The van der Waals surface area contributed by atoms with Gasteiger partial charge in [-0.1, -0.05) is 6.92 Å². The summed E-state index contributed by atoms with van der Waals surface area (Å²) in [6.07, 6.45) is 0.594. The van der Waals surface area contributed by atoms with Gasteiger partial charge in [0.2, 0.25) is 5.91 Å². The Labute approximate surface area is 113 Å². The molecule has 6 nitrogen and oxygen atoms in total. The number of hydrogen-bond donors (Lipinski definition) is 2. The molecule has 0 aliphatic carbocycles. The lowest BCUT2D eigenvalue weighted by Gasteiger charge is -2.12. The van der Waals surface area contributed by atoms with Crippen LogP contribution in [0.2, 0.25) is 0 Å². The van der Waals surface area contributed by atoms with Gasteiger partial charge in [0.15, 0.2) is 0 Å². The molecule has 0 heterocycles. The van der Waals surface area contributed by atoms with E-state index in [1.807, 2.05) is 0 Å². The number of nitro groups is 1. The van der Waals surface area contributed by atoms with Crippen LogP contribution in [-0.2, 0) is 4.79 Å². The average Bonchev–Trinajstić information content (AvgIpc) is 2.31. The van der Waals surface area contributed by atoms with Gasteiger partial charge in [-0.25, -0.2) is 0 Å². The minimum atomic E-state index is -0.493. The third-order valence-corrected chi connectivity index (χ3v) is 3.12.